The van der Waals surface area contributed by atoms with Crippen LogP contribution in [0.5, 0.6) is 0 Å². The summed E-state index contributed by atoms with van der Waals surface area (Å²) in [6, 6.07) is 2.75. The van der Waals surface area contributed by atoms with Gasteiger partial charge in [0.15, 0.2) is 0 Å². The van der Waals surface area contributed by atoms with E-state index in [0.717, 1.165) is 12.8 Å². The molecule has 0 heterocycles. The normalized spacial score (nSPS) is 16.1. The van der Waals surface area contributed by atoms with E-state index in [9.17, 15) is 13.2 Å². The molecule has 7 heteroatoms. The zero-order valence-corrected chi connectivity index (χ0v) is 13.4. The predicted molar refractivity (Wildman–Crippen MR) is 81.9 cm³/mol. The first kappa shape index (κ1) is 16.3. The number of halogens is 1. The number of benzene rings is 1. The highest BCUT2D eigenvalue weighted by atomic mass is 35.5. The van der Waals surface area contributed by atoms with Crippen molar-refractivity contribution in [2.24, 2.45) is 11.1 Å². The highest BCUT2D eigenvalue weighted by molar-refractivity contribution is 7.89. The topological polar surface area (TPSA) is 89.3 Å². The van der Waals surface area contributed by atoms with Gasteiger partial charge in [-0.15, -0.1) is 0 Å². The standard InChI is InChI=1S/C14H19ClN2O3S/c1-9-12(15)6-11(7-13(9)21(16,19)20)14(18)17-8-10-4-2-3-5-10/h6-7,10H,2-5,8H2,1H3,(H,17,18)(H2,16,19,20). The van der Waals surface area contributed by atoms with Crippen LogP contribution in [0.2, 0.25) is 5.02 Å². The molecule has 0 spiro atoms. The van der Waals surface area contributed by atoms with E-state index in [1.54, 1.807) is 6.92 Å². The van der Waals surface area contributed by atoms with Crippen LogP contribution in [0.3, 0.4) is 0 Å². The summed E-state index contributed by atoms with van der Waals surface area (Å²) in [4.78, 5) is 12.0. The number of hydrogen-bond acceptors (Lipinski definition) is 3. The van der Waals surface area contributed by atoms with Crippen LogP contribution in [0.25, 0.3) is 0 Å². The van der Waals surface area contributed by atoms with Gasteiger partial charge in [-0.3, -0.25) is 4.79 Å². The fourth-order valence-electron chi connectivity index (χ4n) is 2.63. The predicted octanol–water partition coefficient (Wildman–Crippen LogP) is 2.22. The lowest BCUT2D eigenvalue weighted by molar-refractivity contribution is 0.0947. The Morgan fingerprint density at radius 3 is 2.57 bits per heavy atom. The minimum atomic E-state index is -3.91. The van der Waals surface area contributed by atoms with Crippen molar-refractivity contribution in [3.8, 4) is 0 Å². The molecule has 116 valence electrons. The Balaban J connectivity index is 2.19. The van der Waals surface area contributed by atoms with Crippen molar-refractivity contribution in [2.45, 2.75) is 37.5 Å². The van der Waals surface area contributed by atoms with E-state index in [0.29, 0.717) is 18.0 Å². The number of carbonyl (C=O) groups excluding carboxylic acids is 1. The Labute approximate surface area is 129 Å². The molecule has 0 aliphatic heterocycles. The van der Waals surface area contributed by atoms with Crippen LogP contribution in [-0.2, 0) is 10.0 Å². The SMILES string of the molecule is Cc1c(Cl)cc(C(=O)NCC2CCCC2)cc1S(N)(=O)=O. The van der Waals surface area contributed by atoms with E-state index in [2.05, 4.69) is 5.32 Å². The van der Waals surface area contributed by atoms with Crippen LogP contribution in [0, 0.1) is 12.8 Å². The molecule has 2 rings (SSSR count). The average molecular weight is 331 g/mol. The summed E-state index contributed by atoms with van der Waals surface area (Å²) in [6.07, 6.45) is 4.65. The molecular formula is C14H19ClN2O3S. The van der Waals surface area contributed by atoms with E-state index in [1.165, 1.54) is 25.0 Å². The Morgan fingerprint density at radius 1 is 1.38 bits per heavy atom. The third-order valence-corrected chi connectivity index (χ3v) is 5.32. The molecule has 0 unspecified atom stereocenters. The number of rotatable bonds is 4. The molecule has 1 aliphatic rings. The number of sulfonamides is 1. The van der Waals surface area contributed by atoms with E-state index in [1.807, 2.05) is 0 Å². The first-order valence-corrected chi connectivity index (χ1v) is 8.82. The Bertz CT molecular complexity index is 652. The van der Waals surface area contributed by atoms with Crippen LogP contribution < -0.4 is 10.5 Å². The van der Waals surface area contributed by atoms with Crippen molar-refractivity contribution in [3.63, 3.8) is 0 Å². The molecule has 21 heavy (non-hydrogen) atoms. The molecule has 5 nitrogen and oxygen atoms in total. The molecule has 1 saturated carbocycles. The van der Waals surface area contributed by atoms with Crippen LogP contribution in [0.4, 0.5) is 0 Å². The van der Waals surface area contributed by atoms with Gasteiger partial charge in [-0.2, -0.15) is 0 Å². The van der Waals surface area contributed by atoms with Gasteiger partial charge in [-0.25, -0.2) is 13.6 Å². The molecule has 0 aromatic heterocycles. The second kappa shape index (κ2) is 6.34. The molecule has 1 aromatic rings. The first-order chi connectivity index (χ1) is 9.79. The molecule has 0 saturated heterocycles. The summed E-state index contributed by atoms with van der Waals surface area (Å²) >= 11 is 6.00. The average Bonchev–Trinajstić information content (AvgIpc) is 2.90. The third kappa shape index (κ3) is 3.96. The third-order valence-electron chi connectivity index (χ3n) is 3.89. The summed E-state index contributed by atoms with van der Waals surface area (Å²) in [6.45, 7) is 2.16. The van der Waals surface area contributed by atoms with Crippen LogP contribution in [-0.4, -0.2) is 20.9 Å². The van der Waals surface area contributed by atoms with E-state index < -0.39 is 10.0 Å². The van der Waals surface area contributed by atoms with E-state index in [4.69, 9.17) is 16.7 Å². The van der Waals surface area contributed by atoms with Crippen molar-refractivity contribution in [1.82, 2.24) is 5.32 Å². The lowest BCUT2D eigenvalue weighted by Gasteiger charge is -2.12. The first-order valence-electron chi connectivity index (χ1n) is 6.90. The quantitative estimate of drug-likeness (QED) is 0.887. The van der Waals surface area contributed by atoms with E-state index in [-0.39, 0.29) is 21.4 Å². The summed E-state index contributed by atoms with van der Waals surface area (Å²) in [7, 11) is -3.91. The Morgan fingerprint density at radius 2 is 2.00 bits per heavy atom. The largest absolute Gasteiger partial charge is 0.352 e. The fourth-order valence-corrected chi connectivity index (χ4v) is 3.74. The minimum Gasteiger partial charge on any atom is -0.352 e. The van der Waals surface area contributed by atoms with Crippen molar-refractivity contribution in [2.75, 3.05) is 6.54 Å². The number of nitrogens with two attached hydrogens (primary N) is 1. The summed E-state index contributed by atoms with van der Waals surface area (Å²) in [5.74, 6) is 0.182. The summed E-state index contributed by atoms with van der Waals surface area (Å²) < 4.78 is 23.1. The smallest absolute Gasteiger partial charge is 0.251 e. The highest BCUT2D eigenvalue weighted by Gasteiger charge is 2.20. The van der Waals surface area contributed by atoms with Crippen LogP contribution in [0.15, 0.2) is 17.0 Å². The van der Waals surface area contributed by atoms with Crippen molar-refractivity contribution in [1.29, 1.82) is 0 Å². The Kier molecular flexibility index (Phi) is 4.91. The second-order valence-electron chi connectivity index (χ2n) is 5.49. The van der Waals surface area contributed by atoms with Gasteiger partial charge >= 0.3 is 0 Å². The van der Waals surface area contributed by atoms with Crippen LogP contribution in [0.1, 0.15) is 41.6 Å². The van der Waals surface area contributed by atoms with Gasteiger partial charge < -0.3 is 5.32 Å². The van der Waals surface area contributed by atoms with Crippen molar-refractivity contribution < 1.29 is 13.2 Å². The van der Waals surface area contributed by atoms with Gasteiger partial charge in [0, 0.05) is 17.1 Å². The molecule has 0 radical (unpaired) electrons. The molecule has 1 amide bonds. The lowest BCUT2D eigenvalue weighted by Crippen LogP contribution is -2.28. The molecular weight excluding hydrogens is 312 g/mol. The summed E-state index contributed by atoms with van der Waals surface area (Å²) in [5, 5.41) is 8.20. The van der Waals surface area contributed by atoms with Gasteiger partial charge in [0.25, 0.3) is 5.91 Å². The number of carbonyl (C=O) groups is 1. The van der Waals surface area contributed by atoms with Crippen molar-refractivity contribution >= 4 is 27.5 Å². The molecule has 0 bridgehead atoms. The van der Waals surface area contributed by atoms with Crippen LogP contribution >= 0.6 is 11.6 Å². The zero-order chi connectivity index (χ0) is 15.6. The molecule has 1 fully saturated rings. The fraction of sp³-hybridized carbons (Fsp3) is 0.500. The van der Waals surface area contributed by atoms with Gasteiger partial charge in [0.2, 0.25) is 10.0 Å². The molecule has 1 aliphatic carbocycles. The number of hydrogen-bond donors (Lipinski definition) is 2. The highest BCUT2D eigenvalue weighted by Crippen LogP contribution is 2.26. The molecule has 3 N–H and O–H groups in total. The van der Waals surface area contributed by atoms with Crippen molar-refractivity contribution in [3.05, 3.63) is 28.3 Å². The zero-order valence-electron chi connectivity index (χ0n) is 11.9. The number of nitrogens with one attached hydrogen (secondary N) is 1. The van der Waals surface area contributed by atoms with Gasteiger partial charge in [0.05, 0.1) is 4.90 Å². The monoisotopic (exact) mass is 330 g/mol. The number of amides is 1. The molecule has 0 atom stereocenters. The summed E-state index contributed by atoms with van der Waals surface area (Å²) in [5.41, 5.74) is 0.569. The lowest BCUT2D eigenvalue weighted by atomic mass is 10.1. The minimum absolute atomic E-state index is 0.110. The maximum Gasteiger partial charge on any atom is 0.251 e. The van der Waals surface area contributed by atoms with E-state index >= 15 is 0 Å². The van der Waals surface area contributed by atoms with Gasteiger partial charge in [0.1, 0.15) is 0 Å². The van der Waals surface area contributed by atoms with Gasteiger partial charge in [-0.1, -0.05) is 24.4 Å². The molecule has 1 aromatic carbocycles. The Hall–Kier alpha value is -1.11. The maximum absolute atomic E-state index is 12.1. The van der Waals surface area contributed by atoms with Gasteiger partial charge in [-0.05, 0) is 43.4 Å². The number of primary sulfonamides is 1. The maximum atomic E-state index is 12.1. The second-order valence-corrected chi connectivity index (χ2v) is 7.42.